The molecule has 0 aromatic carbocycles. The van der Waals surface area contributed by atoms with Crippen LogP contribution in [0.2, 0.25) is 0 Å². The summed E-state index contributed by atoms with van der Waals surface area (Å²) >= 11 is 0. The Balaban J connectivity index is 1.63. The molecule has 0 saturated carbocycles. The molecule has 2 heterocycles. The molecule has 1 aromatic heterocycles. The average molecular weight is 407 g/mol. The molecule has 0 bridgehead atoms. The molecule has 0 radical (unpaired) electrons. The first-order chi connectivity index (χ1) is 13.6. The average Bonchev–Trinajstić information content (AvgIpc) is 3.19. The molecule has 0 spiro atoms. The zero-order valence-corrected chi connectivity index (χ0v) is 15.4. The Bertz CT molecular complexity index is 1010. The Morgan fingerprint density at radius 3 is 2.69 bits per heavy atom. The SMILES string of the molecule is Cc1cc(C(=O)O)nc(N2C=C3C=C(C4C=C(F)CCC4C(F)(F)F)C=C3C2)n1. The number of carboxylic acids is 1. The van der Waals surface area contributed by atoms with E-state index in [1.54, 1.807) is 30.2 Å². The summed E-state index contributed by atoms with van der Waals surface area (Å²) in [5.74, 6) is -4.15. The van der Waals surface area contributed by atoms with E-state index in [-0.39, 0.29) is 24.5 Å². The smallest absolute Gasteiger partial charge is 0.392 e. The lowest BCUT2D eigenvalue weighted by atomic mass is 9.78. The minimum Gasteiger partial charge on any atom is -0.477 e. The Morgan fingerprint density at radius 2 is 2.03 bits per heavy atom. The Kier molecular flexibility index (Phi) is 4.55. The van der Waals surface area contributed by atoms with E-state index in [4.69, 9.17) is 5.11 Å². The quantitative estimate of drug-likeness (QED) is 0.748. The predicted molar refractivity (Wildman–Crippen MR) is 96.8 cm³/mol. The molecule has 29 heavy (non-hydrogen) atoms. The van der Waals surface area contributed by atoms with Gasteiger partial charge in [-0.3, -0.25) is 0 Å². The summed E-state index contributed by atoms with van der Waals surface area (Å²) in [5, 5.41) is 9.16. The van der Waals surface area contributed by atoms with Crippen LogP contribution < -0.4 is 4.90 Å². The van der Waals surface area contributed by atoms with Crippen molar-refractivity contribution in [2.24, 2.45) is 11.8 Å². The van der Waals surface area contributed by atoms with Crippen molar-refractivity contribution in [2.45, 2.75) is 25.9 Å². The van der Waals surface area contributed by atoms with Crippen LogP contribution in [-0.2, 0) is 0 Å². The number of carbonyl (C=O) groups is 1. The van der Waals surface area contributed by atoms with Crippen molar-refractivity contribution in [2.75, 3.05) is 11.4 Å². The highest BCUT2D eigenvalue weighted by molar-refractivity contribution is 5.85. The maximum atomic E-state index is 13.7. The van der Waals surface area contributed by atoms with E-state index < -0.39 is 29.8 Å². The molecule has 0 fully saturated rings. The normalized spacial score (nSPS) is 24.0. The molecule has 1 N–H and O–H groups in total. The molecule has 152 valence electrons. The molecule has 2 aliphatic carbocycles. The van der Waals surface area contributed by atoms with Gasteiger partial charge in [0.1, 0.15) is 0 Å². The molecule has 0 amide bonds. The summed E-state index contributed by atoms with van der Waals surface area (Å²) < 4.78 is 53.9. The Morgan fingerprint density at radius 1 is 1.28 bits per heavy atom. The van der Waals surface area contributed by atoms with Crippen LogP contribution in [0.5, 0.6) is 0 Å². The minimum atomic E-state index is -4.40. The van der Waals surface area contributed by atoms with Crippen molar-refractivity contribution in [3.63, 3.8) is 0 Å². The minimum absolute atomic E-state index is 0.135. The maximum absolute atomic E-state index is 13.7. The summed E-state index contributed by atoms with van der Waals surface area (Å²) in [7, 11) is 0. The Labute approximate surface area is 163 Å². The second-order valence-corrected chi connectivity index (χ2v) is 7.35. The molecule has 1 aromatic rings. The van der Waals surface area contributed by atoms with Gasteiger partial charge in [0.25, 0.3) is 0 Å². The summed E-state index contributed by atoms with van der Waals surface area (Å²) in [6.45, 7) is 1.95. The third-order valence-corrected chi connectivity index (χ3v) is 5.28. The van der Waals surface area contributed by atoms with Crippen molar-refractivity contribution in [1.82, 2.24) is 9.97 Å². The second-order valence-electron chi connectivity index (χ2n) is 7.35. The first-order valence-corrected chi connectivity index (χ1v) is 9.04. The van der Waals surface area contributed by atoms with Crippen LogP contribution in [-0.4, -0.2) is 33.8 Å². The summed E-state index contributed by atoms with van der Waals surface area (Å²) in [6.07, 6.45) is 1.16. The topological polar surface area (TPSA) is 66.3 Å². The number of halogens is 4. The van der Waals surface area contributed by atoms with E-state index in [0.29, 0.717) is 23.4 Å². The van der Waals surface area contributed by atoms with Crippen molar-refractivity contribution in [1.29, 1.82) is 0 Å². The third-order valence-electron chi connectivity index (χ3n) is 5.28. The summed E-state index contributed by atoms with van der Waals surface area (Å²) in [5.41, 5.74) is 2.25. The van der Waals surface area contributed by atoms with Crippen LogP contribution >= 0.6 is 0 Å². The van der Waals surface area contributed by atoms with Gasteiger partial charge in [0.15, 0.2) is 5.69 Å². The van der Waals surface area contributed by atoms with Crippen LogP contribution in [0.25, 0.3) is 0 Å². The first-order valence-electron chi connectivity index (χ1n) is 9.04. The fourth-order valence-electron chi connectivity index (χ4n) is 3.93. The second kappa shape index (κ2) is 6.82. The van der Waals surface area contributed by atoms with Crippen molar-refractivity contribution in [3.8, 4) is 0 Å². The number of aryl methyl sites for hydroxylation is 1. The number of anilines is 1. The van der Waals surface area contributed by atoms with Gasteiger partial charge in [-0.15, -0.1) is 0 Å². The number of carboxylic acid groups (broad SMARTS) is 1. The standard InChI is InChI=1S/C20H17F4N3O2/c1-10-4-17(18(28)29)26-19(25-10)27-8-12-5-11(6-13(12)9-27)15-7-14(21)2-3-16(15)20(22,23)24/h4-8,15-16H,2-3,9H2,1H3,(H,28,29). The number of rotatable bonds is 3. The van der Waals surface area contributed by atoms with Crippen LogP contribution in [0.4, 0.5) is 23.5 Å². The van der Waals surface area contributed by atoms with Gasteiger partial charge >= 0.3 is 12.1 Å². The lowest BCUT2D eigenvalue weighted by molar-refractivity contribution is -0.184. The number of aromatic nitrogens is 2. The lowest BCUT2D eigenvalue weighted by Crippen LogP contribution is -2.32. The van der Waals surface area contributed by atoms with E-state index in [0.717, 1.165) is 11.6 Å². The molecular formula is C20H17F4N3O2. The van der Waals surface area contributed by atoms with Gasteiger partial charge in [0, 0.05) is 17.8 Å². The predicted octanol–water partition coefficient (Wildman–Crippen LogP) is 4.50. The molecule has 0 saturated heterocycles. The van der Waals surface area contributed by atoms with Gasteiger partial charge in [0.2, 0.25) is 5.95 Å². The lowest BCUT2D eigenvalue weighted by Gasteiger charge is -2.30. The molecule has 4 rings (SSSR count). The zero-order valence-electron chi connectivity index (χ0n) is 15.4. The highest BCUT2D eigenvalue weighted by atomic mass is 19.4. The van der Waals surface area contributed by atoms with Gasteiger partial charge in [-0.1, -0.05) is 6.08 Å². The fourth-order valence-corrected chi connectivity index (χ4v) is 3.93. The third kappa shape index (κ3) is 3.68. The van der Waals surface area contributed by atoms with Crippen LogP contribution in [0.15, 0.2) is 53.0 Å². The summed E-state index contributed by atoms with van der Waals surface area (Å²) in [4.78, 5) is 21.1. The van der Waals surface area contributed by atoms with Gasteiger partial charge in [-0.25, -0.2) is 19.2 Å². The van der Waals surface area contributed by atoms with Gasteiger partial charge < -0.3 is 10.0 Å². The van der Waals surface area contributed by atoms with E-state index in [9.17, 15) is 22.4 Å². The fraction of sp³-hybridized carbons (Fsp3) is 0.350. The number of hydrogen-bond donors (Lipinski definition) is 1. The Hall–Kier alpha value is -2.97. The monoisotopic (exact) mass is 407 g/mol. The molecule has 2 atom stereocenters. The van der Waals surface area contributed by atoms with Crippen molar-refractivity contribution >= 4 is 11.9 Å². The van der Waals surface area contributed by atoms with E-state index >= 15 is 0 Å². The number of aromatic carboxylic acids is 1. The van der Waals surface area contributed by atoms with Crippen molar-refractivity contribution in [3.05, 3.63) is 64.4 Å². The highest BCUT2D eigenvalue weighted by Gasteiger charge is 2.47. The molecule has 2 unspecified atom stereocenters. The maximum Gasteiger partial charge on any atom is 0.392 e. The summed E-state index contributed by atoms with van der Waals surface area (Å²) in [6, 6.07) is 1.36. The van der Waals surface area contributed by atoms with E-state index in [1.165, 1.54) is 6.07 Å². The first kappa shape index (κ1) is 19.4. The molecular weight excluding hydrogens is 390 g/mol. The molecule has 1 aliphatic heterocycles. The number of allylic oxidation sites excluding steroid dienone is 5. The molecule has 9 heteroatoms. The van der Waals surface area contributed by atoms with Crippen LogP contribution in [0.3, 0.4) is 0 Å². The molecule has 5 nitrogen and oxygen atoms in total. The van der Waals surface area contributed by atoms with Crippen LogP contribution in [0, 0.1) is 18.8 Å². The zero-order chi connectivity index (χ0) is 20.9. The number of fused-ring (bicyclic) bond motifs is 1. The van der Waals surface area contributed by atoms with Gasteiger partial charge in [-0.2, -0.15) is 13.2 Å². The largest absolute Gasteiger partial charge is 0.477 e. The van der Waals surface area contributed by atoms with Crippen molar-refractivity contribution < 1.29 is 27.5 Å². The highest BCUT2D eigenvalue weighted by Crippen LogP contribution is 2.46. The van der Waals surface area contributed by atoms with Crippen LogP contribution in [0.1, 0.15) is 29.0 Å². The number of alkyl halides is 3. The number of hydrogen-bond acceptors (Lipinski definition) is 4. The van der Waals surface area contributed by atoms with E-state index in [1.807, 2.05) is 0 Å². The van der Waals surface area contributed by atoms with Gasteiger partial charge in [0.05, 0.1) is 18.3 Å². The van der Waals surface area contributed by atoms with E-state index in [2.05, 4.69) is 9.97 Å². The number of nitrogens with zero attached hydrogens (tertiary/aromatic N) is 3. The van der Waals surface area contributed by atoms with Gasteiger partial charge in [-0.05, 0) is 54.7 Å². The molecule has 3 aliphatic rings.